The van der Waals surface area contributed by atoms with Crippen molar-refractivity contribution in [1.82, 2.24) is 10.2 Å². The van der Waals surface area contributed by atoms with Crippen LogP contribution < -0.4 is 5.32 Å². The van der Waals surface area contributed by atoms with Crippen LogP contribution in [-0.4, -0.2) is 51.7 Å². The Bertz CT molecular complexity index is 794. The predicted octanol–water partition coefficient (Wildman–Crippen LogP) is 3.67. The maximum atomic E-state index is 12.6. The molecule has 1 atom stereocenters. The van der Waals surface area contributed by atoms with Crippen molar-refractivity contribution < 1.29 is 8.42 Å². The lowest BCUT2D eigenvalue weighted by atomic mass is 10.2. The Morgan fingerprint density at radius 2 is 1.93 bits per heavy atom. The smallest absolute Gasteiger partial charge is 0.193 e. The molecule has 0 amide bonds. The molecule has 2 aromatic rings. The minimum Gasteiger partial charge on any atom is -0.352 e. The molecule has 27 heavy (non-hydrogen) atoms. The van der Waals surface area contributed by atoms with Gasteiger partial charge in [0.1, 0.15) is 0 Å². The van der Waals surface area contributed by atoms with Crippen LogP contribution in [0.3, 0.4) is 0 Å². The zero-order valence-corrected chi connectivity index (χ0v) is 19.9. The van der Waals surface area contributed by atoms with E-state index in [9.17, 15) is 8.42 Å². The van der Waals surface area contributed by atoms with Gasteiger partial charge in [0.15, 0.2) is 15.8 Å². The quantitative estimate of drug-likeness (QED) is 0.327. The number of rotatable bonds is 8. The summed E-state index contributed by atoms with van der Waals surface area (Å²) in [5.74, 6) is 0.766. The van der Waals surface area contributed by atoms with E-state index in [4.69, 9.17) is 0 Å². The van der Waals surface area contributed by atoms with Gasteiger partial charge in [-0.25, -0.2) is 8.42 Å². The number of nitrogens with zero attached hydrogens (tertiary/aromatic N) is 2. The number of nitrogens with one attached hydrogen (secondary N) is 1. The van der Waals surface area contributed by atoms with Crippen molar-refractivity contribution in [2.45, 2.75) is 30.7 Å². The molecular formula is C19H28IN3O2S2. The largest absolute Gasteiger partial charge is 0.352 e. The summed E-state index contributed by atoms with van der Waals surface area (Å²) in [6.45, 7) is 2.80. The minimum atomic E-state index is -3.33. The SMILES string of the molecule is CCC(CS(=O)(=O)c1ccccc1)NC(=NC)N(C)CCc1cccs1.I. The van der Waals surface area contributed by atoms with Crippen LogP contribution in [0.2, 0.25) is 0 Å². The van der Waals surface area contributed by atoms with Crippen molar-refractivity contribution >= 4 is 51.1 Å². The fourth-order valence-electron chi connectivity index (χ4n) is 2.62. The molecule has 0 aliphatic rings. The summed E-state index contributed by atoms with van der Waals surface area (Å²) in [4.78, 5) is 8.04. The lowest BCUT2D eigenvalue weighted by Gasteiger charge is -2.26. The topological polar surface area (TPSA) is 61.8 Å². The van der Waals surface area contributed by atoms with Crippen LogP contribution in [0.5, 0.6) is 0 Å². The van der Waals surface area contributed by atoms with Crippen molar-refractivity contribution in [3.05, 3.63) is 52.7 Å². The van der Waals surface area contributed by atoms with Gasteiger partial charge in [0.05, 0.1) is 10.6 Å². The Hall–Kier alpha value is -1.13. The summed E-state index contributed by atoms with van der Waals surface area (Å²) in [7, 11) is 0.365. The van der Waals surface area contributed by atoms with Crippen LogP contribution in [0.25, 0.3) is 0 Å². The highest BCUT2D eigenvalue weighted by atomic mass is 127. The second-order valence-electron chi connectivity index (χ2n) is 6.14. The highest BCUT2D eigenvalue weighted by Gasteiger charge is 2.21. The van der Waals surface area contributed by atoms with Crippen molar-refractivity contribution in [2.75, 3.05) is 26.4 Å². The summed E-state index contributed by atoms with van der Waals surface area (Å²) >= 11 is 1.74. The molecule has 0 aliphatic heterocycles. The molecule has 1 aromatic heterocycles. The number of thiophene rings is 1. The number of guanidine groups is 1. The zero-order chi connectivity index (χ0) is 19.0. The molecule has 1 N–H and O–H groups in total. The Morgan fingerprint density at radius 1 is 1.22 bits per heavy atom. The molecule has 150 valence electrons. The van der Waals surface area contributed by atoms with Gasteiger partial charge in [-0.3, -0.25) is 4.99 Å². The third-order valence-corrected chi connectivity index (χ3v) is 6.96. The highest BCUT2D eigenvalue weighted by Crippen LogP contribution is 2.13. The van der Waals surface area contributed by atoms with Crippen molar-refractivity contribution in [3.63, 3.8) is 0 Å². The normalized spacial score (nSPS) is 12.9. The fourth-order valence-corrected chi connectivity index (χ4v) is 4.93. The second kappa shape index (κ2) is 11.7. The van der Waals surface area contributed by atoms with Gasteiger partial charge in [-0.15, -0.1) is 35.3 Å². The van der Waals surface area contributed by atoms with Crippen LogP contribution in [-0.2, 0) is 16.3 Å². The van der Waals surface area contributed by atoms with E-state index in [1.54, 1.807) is 42.6 Å². The van der Waals surface area contributed by atoms with Crippen LogP contribution >= 0.6 is 35.3 Å². The number of aliphatic imine (C=N–C) groups is 1. The lowest BCUT2D eigenvalue weighted by molar-refractivity contribution is 0.469. The third kappa shape index (κ3) is 7.42. The van der Waals surface area contributed by atoms with E-state index in [-0.39, 0.29) is 35.8 Å². The molecule has 0 spiro atoms. The molecule has 8 heteroatoms. The number of halogens is 1. The van der Waals surface area contributed by atoms with E-state index in [0.29, 0.717) is 11.3 Å². The average Bonchev–Trinajstić information content (AvgIpc) is 3.17. The Morgan fingerprint density at radius 3 is 2.48 bits per heavy atom. The van der Waals surface area contributed by atoms with E-state index in [0.717, 1.165) is 18.9 Å². The van der Waals surface area contributed by atoms with E-state index in [1.165, 1.54) is 4.88 Å². The van der Waals surface area contributed by atoms with E-state index in [1.807, 2.05) is 24.9 Å². The number of hydrogen-bond donors (Lipinski definition) is 1. The third-order valence-electron chi connectivity index (χ3n) is 4.20. The van der Waals surface area contributed by atoms with Gasteiger partial charge in [-0.1, -0.05) is 31.2 Å². The van der Waals surface area contributed by atoms with Gasteiger partial charge in [0, 0.05) is 31.6 Å². The molecule has 2 rings (SSSR count). The fraction of sp³-hybridized carbons (Fsp3) is 0.421. The number of likely N-dealkylation sites (N-methyl/N-ethyl adjacent to an activating group) is 1. The van der Waals surface area contributed by atoms with Gasteiger partial charge in [0.2, 0.25) is 0 Å². The molecule has 0 bridgehead atoms. The molecule has 1 unspecified atom stereocenters. The Balaban J connectivity index is 0.00000364. The van der Waals surface area contributed by atoms with Gasteiger partial charge >= 0.3 is 0 Å². The zero-order valence-electron chi connectivity index (χ0n) is 16.0. The van der Waals surface area contributed by atoms with Crippen LogP contribution in [0.1, 0.15) is 18.2 Å². The summed E-state index contributed by atoms with van der Waals surface area (Å²) < 4.78 is 25.3. The maximum Gasteiger partial charge on any atom is 0.193 e. The molecule has 1 aromatic carbocycles. The standard InChI is InChI=1S/C19H27N3O2S2.HI/c1-4-16(15-26(23,24)18-10-6-5-7-11-18)21-19(20-2)22(3)13-12-17-9-8-14-25-17;/h5-11,14,16H,4,12-13,15H2,1-3H3,(H,20,21);1H. The van der Waals surface area contributed by atoms with Crippen LogP contribution in [0.4, 0.5) is 0 Å². The first-order valence-electron chi connectivity index (χ1n) is 8.71. The Kier molecular flexibility index (Phi) is 10.3. The first kappa shape index (κ1) is 23.9. The summed E-state index contributed by atoms with van der Waals surface area (Å²) in [6, 6.07) is 12.6. The number of benzene rings is 1. The second-order valence-corrected chi connectivity index (χ2v) is 9.21. The van der Waals surface area contributed by atoms with Gasteiger partial charge in [-0.2, -0.15) is 0 Å². The summed E-state index contributed by atoms with van der Waals surface area (Å²) in [6.07, 6.45) is 1.64. The van der Waals surface area contributed by atoms with E-state index < -0.39 is 9.84 Å². The Labute approximate surface area is 183 Å². The first-order chi connectivity index (χ1) is 12.5. The monoisotopic (exact) mass is 521 g/mol. The molecule has 0 aliphatic carbocycles. The number of sulfone groups is 1. The lowest BCUT2D eigenvalue weighted by Crippen LogP contribution is -2.47. The number of hydrogen-bond acceptors (Lipinski definition) is 4. The maximum absolute atomic E-state index is 12.6. The van der Waals surface area contributed by atoms with E-state index in [2.05, 4.69) is 27.8 Å². The summed E-state index contributed by atoms with van der Waals surface area (Å²) in [5.41, 5.74) is 0. The molecule has 5 nitrogen and oxygen atoms in total. The molecule has 0 fully saturated rings. The van der Waals surface area contributed by atoms with Gasteiger partial charge in [0.25, 0.3) is 0 Å². The predicted molar refractivity (Wildman–Crippen MR) is 125 cm³/mol. The highest BCUT2D eigenvalue weighted by molar-refractivity contribution is 14.0. The molecular weight excluding hydrogens is 493 g/mol. The molecule has 0 saturated heterocycles. The van der Waals surface area contributed by atoms with Gasteiger partial charge in [-0.05, 0) is 36.4 Å². The van der Waals surface area contributed by atoms with Crippen LogP contribution in [0.15, 0.2) is 57.7 Å². The van der Waals surface area contributed by atoms with Crippen molar-refractivity contribution in [1.29, 1.82) is 0 Å². The first-order valence-corrected chi connectivity index (χ1v) is 11.2. The molecule has 1 heterocycles. The van der Waals surface area contributed by atoms with Gasteiger partial charge < -0.3 is 10.2 Å². The molecule has 0 radical (unpaired) electrons. The minimum absolute atomic E-state index is 0. The van der Waals surface area contributed by atoms with E-state index >= 15 is 0 Å². The van der Waals surface area contributed by atoms with Crippen molar-refractivity contribution in [3.8, 4) is 0 Å². The van der Waals surface area contributed by atoms with Crippen LogP contribution in [0, 0.1) is 0 Å². The molecule has 0 saturated carbocycles. The van der Waals surface area contributed by atoms with Crippen molar-refractivity contribution in [2.24, 2.45) is 4.99 Å². The average molecular weight is 521 g/mol. The summed E-state index contributed by atoms with van der Waals surface area (Å²) in [5, 5.41) is 5.38.